The summed E-state index contributed by atoms with van der Waals surface area (Å²) in [5, 5.41) is 0. The monoisotopic (exact) mass is 413 g/mol. The van der Waals surface area contributed by atoms with E-state index in [2.05, 4.69) is 13.8 Å². The Morgan fingerprint density at radius 3 is 2.32 bits per heavy atom. The highest BCUT2D eigenvalue weighted by Gasteiger charge is 2.35. The molecule has 0 saturated heterocycles. The third kappa shape index (κ3) is 4.68. The second-order valence-corrected chi connectivity index (χ2v) is 9.79. The lowest BCUT2D eigenvalue weighted by Gasteiger charge is -2.36. The molecule has 0 fully saturated rings. The molecule has 0 radical (unpaired) electrons. The number of hydrogen-bond acceptors (Lipinski definition) is 6. The van der Waals surface area contributed by atoms with Gasteiger partial charge in [0.05, 0.1) is 11.5 Å². The summed E-state index contributed by atoms with van der Waals surface area (Å²) in [7, 11) is -3.84. The summed E-state index contributed by atoms with van der Waals surface area (Å²) >= 11 is 0. The number of fused-ring (bicyclic) bond motifs is 1. The molecule has 0 spiro atoms. The summed E-state index contributed by atoms with van der Waals surface area (Å²) in [5.74, 6) is 0.822. The quantitative estimate of drug-likeness (QED) is 0.475. The molecule has 28 heavy (non-hydrogen) atoms. The van der Waals surface area contributed by atoms with Crippen LogP contribution in [0.5, 0.6) is 5.75 Å². The minimum Gasteiger partial charge on any atom is -0.487 e. The third-order valence-corrected chi connectivity index (χ3v) is 7.27. The molecule has 1 aromatic rings. The van der Waals surface area contributed by atoms with Gasteiger partial charge in [-0.2, -0.15) is 0 Å². The molecule has 0 saturated carbocycles. The molecule has 0 bridgehead atoms. The van der Waals surface area contributed by atoms with Crippen molar-refractivity contribution in [3.05, 3.63) is 22.3 Å². The van der Waals surface area contributed by atoms with Crippen molar-refractivity contribution < 1.29 is 18.0 Å². The second kappa shape index (κ2) is 9.09. The number of hydrogen-bond donors (Lipinski definition) is 2. The predicted octanol–water partition coefficient (Wildman–Crippen LogP) is 2.34. The molecule has 0 aromatic heterocycles. The molecule has 2 rings (SSSR count). The van der Waals surface area contributed by atoms with Gasteiger partial charge in [-0.05, 0) is 95.6 Å². The lowest BCUT2D eigenvalue weighted by molar-refractivity contribution is -0.0847. The fourth-order valence-electron chi connectivity index (χ4n) is 3.56. The van der Waals surface area contributed by atoms with Crippen molar-refractivity contribution in [3.63, 3.8) is 0 Å². The summed E-state index contributed by atoms with van der Waals surface area (Å²) < 4.78 is 34.4. The zero-order valence-electron chi connectivity index (χ0n) is 17.8. The van der Waals surface area contributed by atoms with Crippen LogP contribution in [0.4, 0.5) is 0 Å². The van der Waals surface area contributed by atoms with Crippen molar-refractivity contribution in [1.29, 1.82) is 0 Å². The van der Waals surface area contributed by atoms with E-state index in [4.69, 9.17) is 21.0 Å². The van der Waals surface area contributed by atoms with Crippen LogP contribution in [0.3, 0.4) is 0 Å². The van der Waals surface area contributed by atoms with Crippen LogP contribution in [0.25, 0.3) is 0 Å². The number of ether oxygens (including phenoxy) is 1. The van der Waals surface area contributed by atoms with E-state index in [1.807, 2.05) is 20.8 Å². The SMILES string of the molecule is Cc1c(C)c(S(=O)(=O)N(CCCN)OCCCN)c(C)c2c1OC(C)(C)CC2. The van der Waals surface area contributed by atoms with Gasteiger partial charge >= 0.3 is 0 Å². The Labute approximate surface area is 169 Å². The number of nitrogens with zero attached hydrogens (tertiary/aromatic N) is 1. The number of sulfonamides is 1. The summed E-state index contributed by atoms with van der Waals surface area (Å²) in [6.45, 7) is 11.0. The molecule has 0 aliphatic carbocycles. The maximum atomic E-state index is 13.5. The molecular weight excluding hydrogens is 378 g/mol. The Bertz CT molecular complexity index is 806. The van der Waals surface area contributed by atoms with Gasteiger partial charge < -0.3 is 16.2 Å². The fourth-order valence-corrected chi connectivity index (χ4v) is 5.40. The number of hydroxylamine groups is 1. The molecule has 1 aliphatic heterocycles. The van der Waals surface area contributed by atoms with Crippen molar-refractivity contribution in [2.24, 2.45) is 11.5 Å². The van der Waals surface area contributed by atoms with Crippen LogP contribution in [0, 0.1) is 20.8 Å². The predicted molar refractivity (Wildman–Crippen MR) is 111 cm³/mol. The standard InChI is InChI=1S/C20H35N3O4S/c1-14-15(2)19(16(3)17-8-9-20(4,5)27-18(14)17)28(24,25)23(12-6-10-21)26-13-7-11-22/h6-13,21-22H2,1-5H3. The first-order chi connectivity index (χ1) is 13.1. The Hall–Kier alpha value is -1.19. The van der Waals surface area contributed by atoms with Gasteiger partial charge in [-0.15, -0.1) is 0 Å². The molecule has 1 aromatic carbocycles. The first-order valence-electron chi connectivity index (χ1n) is 9.94. The molecule has 4 N–H and O–H groups in total. The molecule has 1 heterocycles. The van der Waals surface area contributed by atoms with E-state index in [1.54, 1.807) is 0 Å². The summed E-state index contributed by atoms with van der Waals surface area (Å²) in [6.07, 6.45) is 2.72. The summed E-state index contributed by atoms with van der Waals surface area (Å²) in [6, 6.07) is 0. The van der Waals surface area contributed by atoms with Crippen molar-refractivity contribution in [2.45, 2.75) is 70.8 Å². The lowest BCUT2D eigenvalue weighted by atomic mass is 9.88. The van der Waals surface area contributed by atoms with Gasteiger partial charge in [0, 0.05) is 6.54 Å². The average molecular weight is 414 g/mol. The van der Waals surface area contributed by atoms with Gasteiger partial charge in [-0.1, -0.05) is 4.47 Å². The van der Waals surface area contributed by atoms with Crippen LogP contribution in [-0.4, -0.2) is 44.7 Å². The van der Waals surface area contributed by atoms with Gasteiger partial charge in [-0.25, -0.2) is 8.42 Å². The Morgan fingerprint density at radius 2 is 1.71 bits per heavy atom. The van der Waals surface area contributed by atoms with Gasteiger partial charge in [-0.3, -0.25) is 4.84 Å². The van der Waals surface area contributed by atoms with Gasteiger partial charge in [0.25, 0.3) is 10.0 Å². The van der Waals surface area contributed by atoms with Crippen LogP contribution >= 0.6 is 0 Å². The number of benzene rings is 1. The van der Waals surface area contributed by atoms with Crippen LogP contribution in [-0.2, 0) is 21.3 Å². The molecule has 0 unspecified atom stereocenters. The second-order valence-electron chi connectivity index (χ2n) is 8.02. The summed E-state index contributed by atoms with van der Waals surface area (Å²) in [4.78, 5) is 5.93. The van der Waals surface area contributed by atoms with Crippen LogP contribution in [0.1, 0.15) is 55.4 Å². The van der Waals surface area contributed by atoms with E-state index >= 15 is 0 Å². The van der Waals surface area contributed by atoms with Crippen LogP contribution in [0.2, 0.25) is 0 Å². The van der Waals surface area contributed by atoms with E-state index in [1.165, 1.54) is 0 Å². The zero-order valence-corrected chi connectivity index (χ0v) is 18.6. The van der Waals surface area contributed by atoms with Crippen molar-refractivity contribution >= 4 is 10.0 Å². The van der Waals surface area contributed by atoms with Crippen molar-refractivity contribution in [2.75, 3.05) is 26.2 Å². The Balaban J connectivity index is 2.53. The largest absolute Gasteiger partial charge is 0.487 e. The van der Waals surface area contributed by atoms with E-state index in [0.717, 1.165) is 39.8 Å². The molecule has 7 nitrogen and oxygen atoms in total. The van der Waals surface area contributed by atoms with Crippen molar-refractivity contribution in [3.8, 4) is 5.75 Å². The maximum Gasteiger partial charge on any atom is 0.265 e. The fraction of sp³-hybridized carbons (Fsp3) is 0.700. The smallest absolute Gasteiger partial charge is 0.265 e. The van der Waals surface area contributed by atoms with Gasteiger partial charge in [0.15, 0.2) is 0 Å². The number of nitrogens with two attached hydrogens (primary N) is 2. The van der Waals surface area contributed by atoms with E-state index in [0.29, 0.717) is 36.4 Å². The summed E-state index contributed by atoms with van der Waals surface area (Å²) in [5.41, 5.74) is 14.2. The molecule has 8 heteroatoms. The minimum atomic E-state index is -3.84. The maximum absolute atomic E-state index is 13.5. The number of rotatable bonds is 9. The molecule has 0 amide bonds. The Morgan fingerprint density at radius 1 is 1.07 bits per heavy atom. The highest BCUT2D eigenvalue weighted by atomic mass is 32.2. The van der Waals surface area contributed by atoms with Gasteiger partial charge in [0.2, 0.25) is 0 Å². The highest BCUT2D eigenvalue weighted by molar-refractivity contribution is 7.89. The molecular formula is C20H35N3O4S. The first kappa shape index (κ1) is 23.1. The lowest BCUT2D eigenvalue weighted by Crippen LogP contribution is -2.36. The van der Waals surface area contributed by atoms with E-state index in [9.17, 15) is 8.42 Å². The van der Waals surface area contributed by atoms with Gasteiger partial charge in [0.1, 0.15) is 11.4 Å². The van der Waals surface area contributed by atoms with E-state index < -0.39 is 10.0 Å². The molecule has 1 aliphatic rings. The first-order valence-corrected chi connectivity index (χ1v) is 11.4. The molecule has 0 atom stereocenters. The normalized spacial score (nSPS) is 16.1. The topological polar surface area (TPSA) is 108 Å². The van der Waals surface area contributed by atoms with E-state index in [-0.39, 0.29) is 18.8 Å². The third-order valence-electron chi connectivity index (χ3n) is 5.32. The molecule has 160 valence electrons. The Kier molecular flexibility index (Phi) is 7.50. The highest BCUT2D eigenvalue weighted by Crippen LogP contribution is 2.42. The van der Waals surface area contributed by atoms with Crippen LogP contribution < -0.4 is 16.2 Å². The van der Waals surface area contributed by atoms with Crippen molar-refractivity contribution in [1.82, 2.24) is 4.47 Å². The average Bonchev–Trinajstić information content (AvgIpc) is 2.61. The minimum absolute atomic E-state index is 0.210. The zero-order chi connectivity index (χ0) is 21.1. The van der Waals surface area contributed by atoms with Crippen LogP contribution in [0.15, 0.2) is 4.90 Å².